The summed E-state index contributed by atoms with van der Waals surface area (Å²) in [6.45, 7) is 3.54. The van der Waals surface area contributed by atoms with Crippen molar-refractivity contribution >= 4 is 23.7 Å². The fraction of sp³-hybridized carbons (Fsp3) is 0.500. The molecule has 0 saturated carbocycles. The van der Waals surface area contributed by atoms with Gasteiger partial charge in [-0.3, -0.25) is 4.79 Å². The second-order valence-corrected chi connectivity index (χ2v) is 5.34. The smallest absolute Gasteiger partial charge is 0.331 e. The van der Waals surface area contributed by atoms with E-state index in [-0.39, 0.29) is 0 Å². The van der Waals surface area contributed by atoms with E-state index < -0.39 is 17.2 Å². The highest BCUT2D eigenvalue weighted by molar-refractivity contribution is 8.04. The number of thioether (sulfide) groups is 1. The fourth-order valence-corrected chi connectivity index (χ4v) is 2.68. The maximum absolute atomic E-state index is 11.0. The molecule has 0 spiro atoms. The Morgan fingerprint density at radius 3 is 2.53 bits per heavy atom. The van der Waals surface area contributed by atoms with Gasteiger partial charge in [0.15, 0.2) is 0 Å². The van der Waals surface area contributed by atoms with Crippen molar-refractivity contribution < 1.29 is 19.8 Å². The summed E-state index contributed by atoms with van der Waals surface area (Å²) in [5, 5.41) is 17.3. The van der Waals surface area contributed by atoms with Gasteiger partial charge < -0.3 is 10.2 Å². The van der Waals surface area contributed by atoms with Gasteiger partial charge in [-0.25, -0.2) is 4.79 Å². The zero-order chi connectivity index (χ0) is 13.0. The number of aliphatic carboxylic acids is 2. The van der Waals surface area contributed by atoms with Crippen molar-refractivity contribution in [2.45, 2.75) is 38.4 Å². The minimum Gasteiger partial charge on any atom is -0.480 e. The van der Waals surface area contributed by atoms with Crippen LogP contribution in [-0.4, -0.2) is 27.4 Å². The van der Waals surface area contributed by atoms with Crippen LogP contribution in [0.3, 0.4) is 0 Å². The topological polar surface area (TPSA) is 74.6 Å². The van der Waals surface area contributed by atoms with Crippen LogP contribution in [0.15, 0.2) is 22.1 Å². The highest BCUT2D eigenvalue weighted by Gasteiger charge is 2.21. The highest BCUT2D eigenvalue weighted by Crippen LogP contribution is 2.34. The van der Waals surface area contributed by atoms with Crippen LogP contribution >= 0.6 is 11.8 Å². The van der Waals surface area contributed by atoms with Crippen LogP contribution in [0.1, 0.15) is 33.1 Å². The molecule has 17 heavy (non-hydrogen) atoms. The lowest BCUT2D eigenvalue weighted by Crippen LogP contribution is -2.13. The first-order valence-electron chi connectivity index (χ1n) is 5.51. The third kappa shape index (κ3) is 3.63. The Hall–Kier alpha value is -1.23. The maximum atomic E-state index is 11.0. The van der Waals surface area contributed by atoms with Crippen LogP contribution in [0.25, 0.3) is 0 Å². The van der Waals surface area contributed by atoms with Crippen molar-refractivity contribution in [2.75, 3.05) is 0 Å². The van der Waals surface area contributed by atoms with Crippen LogP contribution in [0, 0.1) is 0 Å². The Morgan fingerprint density at radius 1 is 1.41 bits per heavy atom. The summed E-state index contributed by atoms with van der Waals surface area (Å²) in [4.78, 5) is 22.7. The van der Waals surface area contributed by atoms with Gasteiger partial charge in [-0.2, -0.15) is 0 Å². The average Bonchev–Trinajstić information content (AvgIpc) is 2.28. The van der Waals surface area contributed by atoms with Crippen LogP contribution in [0.5, 0.6) is 0 Å². The Balaban J connectivity index is 2.85. The Labute approximate surface area is 104 Å². The minimum absolute atomic E-state index is 0.458. The van der Waals surface area contributed by atoms with E-state index in [1.54, 1.807) is 6.92 Å². The van der Waals surface area contributed by atoms with E-state index in [1.807, 2.05) is 13.0 Å². The molecule has 1 atom stereocenters. The average molecular weight is 256 g/mol. The number of hydrogen-bond donors (Lipinski definition) is 2. The first-order chi connectivity index (χ1) is 7.95. The molecule has 0 bridgehead atoms. The predicted molar refractivity (Wildman–Crippen MR) is 67.0 cm³/mol. The van der Waals surface area contributed by atoms with Crippen molar-refractivity contribution in [2.24, 2.45) is 0 Å². The normalized spacial score (nSPS) is 17.6. The van der Waals surface area contributed by atoms with Crippen molar-refractivity contribution in [1.29, 1.82) is 0 Å². The van der Waals surface area contributed by atoms with Crippen molar-refractivity contribution in [3.8, 4) is 0 Å². The second-order valence-electron chi connectivity index (χ2n) is 3.87. The summed E-state index contributed by atoms with van der Waals surface area (Å²) in [7, 11) is 0. The molecule has 0 radical (unpaired) electrons. The van der Waals surface area contributed by atoms with Gasteiger partial charge in [-0.1, -0.05) is 6.92 Å². The van der Waals surface area contributed by atoms with Gasteiger partial charge in [0.1, 0.15) is 5.25 Å². The Morgan fingerprint density at radius 2 is 2.06 bits per heavy atom. The lowest BCUT2D eigenvalue weighted by Gasteiger charge is -2.18. The van der Waals surface area contributed by atoms with Crippen LogP contribution < -0.4 is 0 Å². The summed E-state index contributed by atoms with van der Waals surface area (Å²) in [6, 6.07) is 0. The third-order valence-electron chi connectivity index (χ3n) is 2.66. The molecule has 2 N–H and O–H groups in total. The van der Waals surface area contributed by atoms with Gasteiger partial charge >= 0.3 is 11.9 Å². The van der Waals surface area contributed by atoms with Gasteiger partial charge in [-0.15, -0.1) is 11.8 Å². The van der Waals surface area contributed by atoms with Crippen molar-refractivity contribution in [1.82, 2.24) is 0 Å². The molecule has 0 heterocycles. The molecule has 5 heteroatoms. The molecule has 1 aliphatic carbocycles. The van der Waals surface area contributed by atoms with Gasteiger partial charge in [0.05, 0.1) is 0 Å². The van der Waals surface area contributed by atoms with Crippen LogP contribution in [0.2, 0.25) is 0 Å². The minimum atomic E-state index is -0.867. The van der Waals surface area contributed by atoms with E-state index in [1.165, 1.54) is 11.8 Å². The monoisotopic (exact) mass is 256 g/mol. The van der Waals surface area contributed by atoms with E-state index in [2.05, 4.69) is 0 Å². The predicted octanol–water partition coefficient (Wildman–Crippen LogP) is 2.66. The molecule has 0 saturated heterocycles. The Kier molecular flexibility index (Phi) is 4.81. The van der Waals surface area contributed by atoms with Crippen LogP contribution in [0.4, 0.5) is 0 Å². The first-order valence-corrected chi connectivity index (χ1v) is 6.39. The van der Waals surface area contributed by atoms with Gasteiger partial charge in [-0.05, 0) is 42.7 Å². The molecule has 0 aromatic heterocycles. The first kappa shape index (κ1) is 13.8. The summed E-state index contributed by atoms with van der Waals surface area (Å²) >= 11 is 1.30. The quantitative estimate of drug-likeness (QED) is 0.791. The lowest BCUT2D eigenvalue weighted by atomic mass is 9.96. The van der Waals surface area contributed by atoms with Crippen molar-refractivity contribution in [3.05, 3.63) is 22.1 Å². The largest absolute Gasteiger partial charge is 0.480 e. The molecule has 1 aliphatic rings. The van der Waals surface area contributed by atoms with E-state index >= 15 is 0 Å². The molecule has 0 amide bonds. The van der Waals surface area contributed by atoms with Gasteiger partial charge in [0, 0.05) is 5.57 Å². The summed E-state index contributed by atoms with van der Waals surface area (Å²) in [6.07, 6.45) is 3.60. The van der Waals surface area contributed by atoms with E-state index in [9.17, 15) is 9.59 Å². The number of carboxylic acids is 2. The highest BCUT2D eigenvalue weighted by atomic mass is 32.2. The SMILES string of the molecule is CCC1=C(C(=O)O)CCC(SC(C)C(=O)O)=C1. The standard InChI is InChI=1S/C12H16O4S/c1-3-8-6-9(17-7(2)11(13)14)4-5-10(8)12(15)16/h6-7H,3-5H2,1-2H3,(H,13,14)(H,15,16). The molecule has 4 nitrogen and oxygen atoms in total. The zero-order valence-corrected chi connectivity index (χ0v) is 10.7. The summed E-state index contributed by atoms with van der Waals surface area (Å²) < 4.78 is 0. The zero-order valence-electron chi connectivity index (χ0n) is 9.90. The molecule has 94 valence electrons. The third-order valence-corrected chi connectivity index (χ3v) is 3.84. The fourth-order valence-electron chi connectivity index (χ4n) is 1.69. The number of carboxylic acid groups (broad SMARTS) is 2. The molecule has 0 fully saturated rings. The second kappa shape index (κ2) is 5.91. The number of rotatable bonds is 5. The number of allylic oxidation sites excluding steroid dienone is 3. The van der Waals surface area contributed by atoms with E-state index in [0.717, 1.165) is 10.5 Å². The molecule has 1 rings (SSSR count). The molecule has 1 unspecified atom stereocenters. The molecular formula is C12H16O4S. The molecule has 0 aromatic rings. The Bertz CT molecular complexity index is 395. The molecular weight excluding hydrogens is 240 g/mol. The number of carbonyl (C=O) groups is 2. The van der Waals surface area contributed by atoms with E-state index in [4.69, 9.17) is 10.2 Å². The van der Waals surface area contributed by atoms with Crippen molar-refractivity contribution in [3.63, 3.8) is 0 Å². The summed E-state index contributed by atoms with van der Waals surface area (Å²) in [5.74, 6) is -1.71. The summed E-state index contributed by atoms with van der Waals surface area (Å²) in [5.41, 5.74) is 1.27. The van der Waals surface area contributed by atoms with E-state index in [0.29, 0.717) is 24.8 Å². The molecule has 0 aromatic carbocycles. The molecule has 0 aliphatic heterocycles. The lowest BCUT2D eigenvalue weighted by molar-refractivity contribution is -0.136. The van der Waals surface area contributed by atoms with Gasteiger partial charge in [0.25, 0.3) is 0 Å². The van der Waals surface area contributed by atoms with Crippen LogP contribution in [-0.2, 0) is 9.59 Å². The maximum Gasteiger partial charge on any atom is 0.331 e. The van der Waals surface area contributed by atoms with Gasteiger partial charge in [0.2, 0.25) is 0 Å². The number of hydrogen-bond acceptors (Lipinski definition) is 3.